The molecular weight excluding hydrogens is 318 g/mol. The maximum Gasteiger partial charge on any atom is 0.277 e. The molecule has 7 heteroatoms. The van der Waals surface area contributed by atoms with Crippen molar-refractivity contribution in [1.29, 1.82) is 0 Å². The number of fused-ring (bicyclic) bond motifs is 1. The van der Waals surface area contributed by atoms with E-state index in [9.17, 15) is 4.79 Å². The predicted octanol–water partition coefficient (Wildman–Crippen LogP) is 1.68. The Bertz CT molecular complexity index is 925. The molecular formula is C18H21N5O2. The molecule has 130 valence electrons. The lowest BCUT2D eigenvalue weighted by Gasteiger charge is -2.06. The summed E-state index contributed by atoms with van der Waals surface area (Å²) >= 11 is 0. The van der Waals surface area contributed by atoms with Gasteiger partial charge >= 0.3 is 0 Å². The Balaban J connectivity index is 1.54. The standard InChI is InChI=1S/C18H21N5O2/c1-25-14-6-4-13(5-7-14)11-23-17-15(9-20-23)21-16(22-18(17)24)10-19-8-12-2-3-12/h4-7,9,12,19H,2-3,8,10-11H2,1H3,(H,21,22,24). The van der Waals surface area contributed by atoms with Crippen LogP contribution in [0.15, 0.2) is 35.3 Å². The quantitative estimate of drug-likeness (QED) is 0.684. The smallest absolute Gasteiger partial charge is 0.277 e. The fourth-order valence-corrected chi connectivity index (χ4v) is 2.88. The molecule has 0 saturated heterocycles. The van der Waals surface area contributed by atoms with Crippen LogP contribution < -0.4 is 15.6 Å². The van der Waals surface area contributed by atoms with Crippen molar-refractivity contribution < 1.29 is 4.74 Å². The minimum Gasteiger partial charge on any atom is -0.497 e. The summed E-state index contributed by atoms with van der Waals surface area (Å²) in [6.45, 7) is 2.07. The number of nitrogens with one attached hydrogen (secondary N) is 2. The summed E-state index contributed by atoms with van der Waals surface area (Å²) in [6.07, 6.45) is 4.25. The first-order valence-corrected chi connectivity index (χ1v) is 8.51. The van der Waals surface area contributed by atoms with Crippen LogP contribution in [-0.4, -0.2) is 33.4 Å². The number of hydrogen-bond donors (Lipinski definition) is 2. The summed E-state index contributed by atoms with van der Waals surface area (Å²) in [5.41, 5.74) is 2.02. The van der Waals surface area contributed by atoms with Gasteiger partial charge in [-0.2, -0.15) is 5.10 Å². The molecule has 1 aliphatic rings. The summed E-state index contributed by atoms with van der Waals surface area (Å²) in [5, 5.41) is 7.68. The van der Waals surface area contributed by atoms with Gasteiger partial charge in [0.1, 0.15) is 17.1 Å². The Morgan fingerprint density at radius 2 is 2.12 bits per heavy atom. The van der Waals surface area contributed by atoms with Gasteiger partial charge in [-0.05, 0) is 43.0 Å². The molecule has 2 N–H and O–H groups in total. The Morgan fingerprint density at radius 1 is 1.32 bits per heavy atom. The van der Waals surface area contributed by atoms with Gasteiger partial charge in [-0.15, -0.1) is 0 Å². The molecule has 7 nitrogen and oxygen atoms in total. The minimum absolute atomic E-state index is 0.153. The number of benzene rings is 1. The van der Waals surface area contributed by atoms with Crippen molar-refractivity contribution >= 4 is 11.0 Å². The molecule has 0 spiro atoms. The first-order valence-electron chi connectivity index (χ1n) is 8.51. The van der Waals surface area contributed by atoms with E-state index in [-0.39, 0.29) is 5.56 Å². The molecule has 25 heavy (non-hydrogen) atoms. The first-order chi connectivity index (χ1) is 12.2. The topological polar surface area (TPSA) is 84.8 Å². The van der Waals surface area contributed by atoms with Gasteiger partial charge in [0.15, 0.2) is 5.52 Å². The van der Waals surface area contributed by atoms with Crippen LogP contribution in [0.2, 0.25) is 0 Å². The summed E-state index contributed by atoms with van der Waals surface area (Å²) in [6, 6.07) is 7.72. The fraction of sp³-hybridized carbons (Fsp3) is 0.389. The number of aromatic amines is 1. The molecule has 0 amide bonds. The van der Waals surface area contributed by atoms with E-state index in [1.54, 1.807) is 18.0 Å². The van der Waals surface area contributed by atoms with Gasteiger partial charge in [0.05, 0.1) is 26.4 Å². The molecule has 2 aromatic heterocycles. The van der Waals surface area contributed by atoms with Crippen LogP contribution in [0.3, 0.4) is 0 Å². The van der Waals surface area contributed by atoms with Gasteiger partial charge in [-0.1, -0.05) is 12.1 Å². The number of aromatic nitrogens is 4. The second kappa shape index (κ2) is 6.68. The molecule has 2 heterocycles. The van der Waals surface area contributed by atoms with Crippen molar-refractivity contribution in [3.63, 3.8) is 0 Å². The van der Waals surface area contributed by atoms with Crippen LogP contribution in [0.25, 0.3) is 11.0 Å². The van der Waals surface area contributed by atoms with E-state index in [0.717, 1.165) is 23.8 Å². The SMILES string of the molecule is COc1ccc(Cn2ncc3nc(CNCC4CC4)[nH]c(=O)c32)cc1. The third kappa shape index (κ3) is 3.56. The van der Waals surface area contributed by atoms with Gasteiger partial charge in [0.25, 0.3) is 5.56 Å². The summed E-state index contributed by atoms with van der Waals surface area (Å²) < 4.78 is 6.85. The monoisotopic (exact) mass is 339 g/mol. The molecule has 0 radical (unpaired) electrons. The number of methoxy groups -OCH3 is 1. The van der Waals surface area contributed by atoms with E-state index >= 15 is 0 Å². The van der Waals surface area contributed by atoms with Crippen molar-refractivity contribution in [2.24, 2.45) is 5.92 Å². The van der Waals surface area contributed by atoms with Gasteiger partial charge < -0.3 is 15.0 Å². The second-order valence-corrected chi connectivity index (χ2v) is 6.47. The lowest BCUT2D eigenvalue weighted by atomic mass is 10.2. The molecule has 1 saturated carbocycles. The molecule has 1 fully saturated rings. The number of H-pyrrole nitrogens is 1. The van der Waals surface area contributed by atoms with Crippen LogP contribution in [-0.2, 0) is 13.1 Å². The Kier molecular flexibility index (Phi) is 4.23. The summed E-state index contributed by atoms with van der Waals surface area (Å²) in [4.78, 5) is 19.9. The van der Waals surface area contributed by atoms with Crippen LogP contribution >= 0.6 is 0 Å². The average Bonchev–Trinajstić information content (AvgIpc) is 3.35. The Labute approximate surface area is 145 Å². The third-order valence-electron chi connectivity index (χ3n) is 4.46. The number of hydrogen-bond acceptors (Lipinski definition) is 5. The molecule has 0 atom stereocenters. The highest BCUT2D eigenvalue weighted by atomic mass is 16.5. The predicted molar refractivity (Wildman–Crippen MR) is 94.7 cm³/mol. The zero-order valence-corrected chi connectivity index (χ0v) is 14.2. The Hall–Kier alpha value is -2.67. The van der Waals surface area contributed by atoms with Gasteiger partial charge in [0.2, 0.25) is 0 Å². The van der Waals surface area contributed by atoms with Gasteiger partial charge in [-0.3, -0.25) is 9.48 Å². The van der Waals surface area contributed by atoms with Crippen molar-refractivity contribution in [2.45, 2.75) is 25.9 Å². The number of nitrogens with zero attached hydrogens (tertiary/aromatic N) is 3. The fourth-order valence-electron chi connectivity index (χ4n) is 2.88. The normalized spacial score (nSPS) is 14.1. The van der Waals surface area contributed by atoms with E-state index in [2.05, 4.69) is 20.4 Å². The van der Waals surface area contributed by atoms with E-state index in [1.165, 1.54) is 12.8 Å². The largest absolute Gasteiger partial charge is 0.497 e. The lowest BCUT2D eigenvalue weighted by Crippen LogP contribution is -2.22. The van der Waals surface area contributed by atoms with Gasteiger partial charge in [0, 0.05) is 0 Å². The minimum atomic E-state index is -0.153. The molecule has 0 bridgehead atoms. The summed E-state index contributed by atoms with van der Waals surface area (Å²) in [7, 11) is 1.64. The van der Waals surface area contributed by atoms with Crippen LogP contribution in [0, 0.1) is 5.92 Å². The van der Waals surface area contributed by atoms with Crippen molar-refractivity contribution in [3.05, 3.63) is 52.2 Å². The molecule has 0 aliphatic heterocycles. The van der Waals surface area contributed by atoms with E-state index < -0.39 is 0 Å². The summed E-state index contributed by atoms with van der Waals surface area (Å²) in [5.74, 6) is 2.25. The van der Waals surface area contributed by atoms with Crippen molar-refractivity contribution in [1.82, 2.24) is 25.1 Å². The van der Waals surface area contributed by atoms with E-state index in [1.807, 2.05) is 24.3 Å². The number of rotatable bonds is 7. The zero-order chi connectivity index (χ0) is 17.2. The van der Waals surface area contributed by atoms with Crippen LogP contribution in [0.1, 0.15) is 24.2 Å². The first kappa shape index (κ1) is 15.8. The molecule has 1 aromatic carbocycles. The van der Waals surface area contributed by atoms with E-state index in [0.29, 0.717) is 29.9 Å². The maximum absolute atomic E-state index is 12.5. The van der Waals surface area contributed by atoms with Crippen molar-refractivity contribution in [2.75, 3.05) is 13.7 Å². The lowest BCUT2D eigenvalue weighted by molar-refractivity contribution is 0.414. The van der Waals surface area contributed by atoms with Crippen molar-refractivity contribution in [3.8, 4) is 5.75 Å². The average molecular weight is 339 g/mol. The van der Waals surface area contributed by atoms with E-state index in [4.69, 9.17) is 4.74 Å². The van der Waals surface area contributed by atoms with Crippen LogP contribution in [0.4, 0.5) is 0 Å². The Morgan fingerprint density at radius 3 is 2.84 bits per heavy atom. The molecule has 1 aliphatic carbocycles. The highest BCUT2D eigenvalue weighted by Gasteiger charge is 2.20. The molecule has 0 unspecified atom stereocenters. The maximum atomic E-state index is 12.5. The molecule has 3 aromatic rings. The van der Waals surface area contributed by atoms with Gasteiger partial charge in [-0.25, -0.2) is 4.98 Å². The highest BCUT2D eigenvalue weighted by Crippen LogP contribution is 2.27. The van der Waals surface area contributed by atoms with Crippen LogP contribution in [0.5, 0.6) is 5.75 Å². The highest BCUT2D eigenvalue weighted by molar-refractivity contribution is 5.72. The molecule has 4 rings (SSSR count). The number of ether oxygens (including phenoxy) is 1. The second-order valence-electron chi connectivity index (χ2n) is 6.47. The zero-order valence-electron chi connectivity index (χ0n) is 14.2. The third-order valence-corrected chi connectivity index (χ3v) is 4.46.